The van der Waals surface area contributed by atoms with Gasteiger partial charge in [-0.3, -0.25) is 0 Å². The highest BCUT2D eigenvalue weighted by Gasteiger charge is 2.08. The number of hydrogen-bond acceptors (Lipinski definition) is 1. The molecule has 0 amide bonds. The molecule has 0 heterocycles. The van der Waals surface area contributed by atoms with Crippen LogP contribution in [-0.2, 0) is 0 Å². The van der Waals surface area contributed by atoms with Crippen LogP contribution < -0.4 is 5.32 Å². The molecule has 0 aliphatic rings. The summed E-state index contributed by atoms with van der Waals surface area (Å²) in [4.78, 5) is 0. The van der Waals surface area contributed by atoms with Gasteiger partial charge in [0.25, 0.3) is 0 Å². The molecule has 0 fully saturated rings. The van der Waals surface area contributed by atoms with E-state index in [4.69, 9.17) is 6.42 Å². The Labute approximate surface area is 94.0 Å². The summed E-state index contributed by atoms with van der Waals surface area (Å²) in [6, 6.07) is 6.57. The van der Waals surface area contributed by atoms with Gasteiger partial charge in [0, 0.05) is 16.9 Å². The average molecular weight is 252 g/mol. The summed E-state index contributed by atoms with van der Waals surface area (Å²) in [5.74, 6) is 2.67. The number of terminal acetylenes is 1. The van der Waals surface area contributed by atoms with Crippen LogP contribution in [0.15, 0.2) is 22.7 Å². The molecule has 1 nitrogen and oxygen atoms in total. The highest BCUT2D eigenvalue weighted by molar-refractivity contribution is 9.10. The molecule has 0 saturated heterocycles. The second-order valence-electron chi connectivity index (χ2n) is 3.26. The lowest BCUT2D eigenvalue weighted by Gasteiger charge is -2.14. The fourth-order valence-corrected chi connectivity index (χ4v) is 1.73. The van der Waals surface area contributed by atoms with Crippen LogP contribution in [0, 0.1) is 19.3 Å². The van der Waals surface area contributed by atoms with Crippen molar-refractivity contribution in [1.29, 1.82) is 0 Å². The first kappa shape index (κ1) is 11.3. The van der Waals surface area contributed by atoms with Crippen LogP contribution in [0.2, 0.25) is 0 Å². The van der Waals surface area contributed by atoms with E-state index in [1.807, 2.05) is 7.05 Å². The van der Waals surface area contributed by atoms with Crippen molar-refractivity contribution in [3.63, 3.8) is 0 Å². The third-order valence-electron chi connectivity index (χ3n) is 2.27. The van der Waals surface area contributed by atoms with Crippen LogP contribution in [0.1, 0.15) is 23.6 Å². The predicted molar refractivity (Wildman–Crippen MR) is 64.1 cm³/mol. The van der Waals surface area contributed by atoms with Crippen molar-refractivity contribution in [2.75, 3.05) is 7.05 Å². The standard InChI is InChI=1S/C12H14BrN/c1-4-5-12(14-3)10-7-6-9(2)11(13)8-10/h1,6-8,12,14H,5H2,2-3H3. The Kier molecular flexibility index (Phi) is 4.19. The van der Waals surface area contributed by atoms with Gasteiger partial charge in [-0.1, -0.05) is 28.1 Å². The quantitative estimate of drug-likeness (QED) is 0.815. The minimum absolute atomic E-state index is 0.247. The SMILES string of the molecule is C#CCC(NC)c1ccc(C)c(Br)c1. The zero-order valence-electron chi connectivity index (χ0n) is 8.47. The lowest BCUT2D eigenvalue weighted by atomic mass is 10.0. The van der Waals surface area contributed by atoms with Crippen LogP contribution in [0.5, 0.6) is 0 Å². The van der Waals surface area contributed by atoms with E-state index in [0.717, 1.165) is 4.47 Å². The van der Waals surface area contributed by atoms with Gasteiger partial charge in [-0.25, -0.2) is 0 Å². The highest BCUT2D eigenvalue weighted by Crippen LogP contribution is 2.23. The van der Waals surface area contributed by atoms with E-state index in [0.29, 0.717) is 6.42 Å². The first-order valence-corrected chi connectivity index (χ1v) is 5.35. The molecule has 1 unspecified atom stereocenters. The normalized spacial score (nSPS) is 12.1. The molecule has 1 atom stereocenters. The van der Waals surface area contributed by atoms with Crippen LogP contribution in [0.4, 0.5) is 0 Å². The topological polar surface area (TPSA) is 12.0 Å². The third kappa shape index (κ3) is 2.60. The summed E-state index contributed by atoms with van der Waals surface area (Å²) in [7, 11) is 1.93. The molecule has 0 aromatic heterocycles. The summed E-state index contributed by atoms with van der Waals surface area (Å²) in [6.07, 6.45) is 6.02. The Morgan fingerprint density at radius 1 is 1.57 bits per heavy atom. The van der Waals surface area contributed by atoms with Gasteiger partial charge in [-0.15, -0.1) is 12.3 Å². The molecule has 0 bridgehead atoms. The Morgan fingerprint density at radius 3 is 2.79 bits per heavy atom. The fraction of sp³-hybridized carbons (Fsp3) is 0.333. The van der Waals surface area contributed by atoms with E-state index >= 15 is 0 Å². The van der Waals surface area contributed by atoms with Crippen molar-refractivity contribution < 1.29 is 0 Å². The fourth-order valence-electron chi connectivity index (χ4n) is 1.33. The van der Waals surface area contributed by atoms with Gasteiger partial charge < -0.3 is 5.32 Å². The molecule has 0 aliphatic heterocycles. The van der Waals surface area contributed by atoms with Gasteiger partial charge >= 0.3 is 0 Å². The predicted octanol–water partition coefficient (Wildman–Crippen LogP) is 3.04. The maximum absolute atomic E-state index is 5.31. The maximum Gasteiger partial charge on any atom is 0.0428 e. The molecule has 1 aromatic rings. The smallest absolute Gasteiger partial charge is 0.0428 e. The molecule has 14 heavy (non-hydrogen) atoms. The molecule has 74 valence electrons. The lowest BCUT2D eigenvalue weighted by Crippen LogP contribution is -2.15. The second kappa shape index (κ2) is 5.19. The number of nitrogens with one attached hydrogen (secondary N) is 1. The third-order valence-corrected chi connectivity index (χ3v) is 3.12. The number of aryl methyl sites for hydroxylation is 1. The van der Waals surface area contributed by atoms with Crippen molar-refractivity contribution in [1.82, 2.24) is 5.32 Å². The van der Waals surface area contributed by atoms with E-state index < -0.39 is 0 Å². The van der Waals surface area contributed by atoms with Crippen LogP contribution in [0.25, 0.3) is 0 Å². The molecule has 2 heteroatoms. The first-order chi connectivity index (χ1) is 6.69. The van der Waals surface area contributed by atoms with Gasteiger partial charge in [0.05, 0.1) is 0 Å². The average Bonchev–Trinajstić information content (AvgIpc) is 2.19. The van der Waals surface area contributed by atoms with Crippen LogP contribution in [0.3, 0.4) is 0 Å². The molecule has 0 radical (unpaired) electrons. The van der Waals surface area contributed by atoms with Crippen LogP contribution >= 0.6 is 15.9 Å². The zero-order valence-corrected chi connectivity index (χ0v) is 10.1. The lowest BCUT2D eigenvalue weighted by molar-refractivity contribution is 0.611. The monoisotopic (exact) mass is 251 g/mol. The molecular weight excluding hydrogens is 238 g/mol. The van der Waals surface area contributed by atoms with Crippen LogP contribution in [-0.4, -0.2) is 7.05 Å². The van der Waals surface area contributed by atoms with E-state index in [1.54, 1.807) is 0 Å². The number of hydrogen-bond donors (Lipinski definition) is 1. The molecular formula is C12H14BrN. The molecule has 0 spiro atoms. The second-order valence-corrected chi connectivity index (χ2v) is 4.11. The summed E-state index contributed by atoms with van der Waals surface area (Å²) < 4.78 is 1.13. The minimum Gasteiger partial charge on any atom is -0.312 e. The molecule has 1 rings (SSSR count). The van der Waals surface area contributed by atoms with E-state index in [2.05, 4.69) is 52.3 Å². The molecule has 0 aliphatic carbocycles. The van der Waals surface area contributed by atoms with Crippen molar-refractivity contribution in [2.24, 2.45) is 0 Å². The maximum atomic E-state index is 5.31. The Morgan fingerprint density at radius 2 is 2.29 bits per heavy atom. The van der Waals surface area contributed by atoms with Crippen molar-refractivity contribution >= 4 is 15.9 Å². The van der Waals surface area contributed by atoms with Crippen molar-refractivity contribution in [3.8, 4) is 12.3 Å². The van der Waals surface area contributed by atoms with E-state index in [9.17, 15) is 0 Å². The summed E-state index contributed by atoms with van der Waals surface area (Å²) in [5, 5.41) is 3.20. The Bertz CT molecular complexity index is 352. The van der Waals surface area contributed by atoms with E-state index in [1.165, 1.54) is 11.1 Å². The number of halogens is 1. The molecule has 1 aromatic carbocycles. The van der Waals surface area contributed by atoms with Gasteiger partial charge in [-0.05, 0) is 31.2 Å². The zero-order chi connectivity index (χ0) is 10.6. The van der Waals surface area contributed by atoms with Gasteiger partial charge in [0.15, 0.2) is 0 Å². The summed E-state index contributed by atoms with van der Waals surface area (Å²) >= 11 is 3.52. The highest BCUT2D eigenvalue weighted by atomic mass is 79.9. The molecule has 1 N–H and O–H groups in total. The largest absolute Gasteiger partial charge is 0.312 e. The summed E-state index contributed by atoms with van der Waals surface area (Å²) in [6.45, 7) is 2.07. The van der Waals surface area contributed by atoms with Gasteiger partial charge in [-0.2, -0.15) is 0 Å². The summed E-state index contributed by atoms with van der Waals surface area (Å²) in [5.41, 5.74) is 2.47. The van der Waals surface area contributed by atoms with Gasteiger partial charge in [0.2, 0.25) is 0 Å². The Balaban J connectivity index is 2.95. The Hall–Kier alpha value is -0.780. The van der Waals surface area contributed by atoms with E-state index in [-0.39, 0.29) is 6.04 Å². The minimum atomic E-state index is 0.247. The first-order valence-electron chi connectivity index (χ1n) is 4.55. The van der Waals surface area contributed by atoms with Crippen molar-refractivity contribution in [3.05, 3.63) is 33.8 Å². The van der Waals surface area contributed by atoms with Gasteiger partial charge in [0.1, 0.15) is 0 Å². The molecule has 0 saturated carbocycles. The number of benzene rings is 1. The number of rotatable bonds is 3. The van der Waals surface area contributed by atoms with Crippen molar-refractivity contribution in [2.45, 2.75) is 19.4 Å².